The molecule has 0 radical (unpaired) electrons. The highest BCUT2D eigenvalue weighted by Gasteiger charge is 2.30. The molecular formula is C14H28N2O. The molecule has 3 heteroatoms. The second-order valence-electron chi connectivity index (χ2n) is 6.38. The van der Waals surface area contributed by atoms with Crippen molar-refractivity contribution in [1.29, 1.82) is 0 Å². The highest BCUT2D eigenvalue weighted by atomic mass is 16.5. The van der Waals surface area contributed by atoms with Crippen molar-refractivity contribution in [2.24, 2.45) is 5.41 Å². The van der Waals surface area contributed by atoms with Crippen LogP contribution in [0.2, 0.25) is 0 Å². The first-order valence-corrected chi connectivity index (χ1v) is 7.14. The Bertz CT molecular complexity index is 236. The summed E-state index contributed by atoms with van der Waals surface area (Å²) in [4.78, 5) is 2.57. The van der Waals surface area contributed by atoms with Crippen LogP contribution in [0.4, 0.5) is 0 Å². The third-order valence-corrected chi connectivity index (χ3v) is 4.47. The lowest BCUT2D eigenvalue weighted by Crippen LogP contribution is -2.42. The minimum Gasteiger partial charge on any atom is -0.381 e. The molecule has 0 aromatic carbocycles. The minimum atomic E-state index is 0.462. The van der Waals surface area contributed by atoms with Crippen molar-refractivity contribution in [3.63, 3.8) is 0 Å². The summed E-state index contributed by atoms with van der Waals surface area (Å²) >= 11 is 0. The van der Waals surface area contributed by atoms with Crippen LogP contribution < -0.4 is 5.32 Å². The van der Waals surface area contributed by atoms with Gasteiger partial charge in [0.1, 0.15) is 0 Å². The van der Waals surface area contributed by atoms with Crippen LogP contribution in [0.5, 0.6) is 0 Å². The third kappa shape index (κ3) is 3.67. The van der Waals surface area contributed by atoms with E-state index in [1.54, 1.807) is 0 Å². The lowest BCUT2D eigenvalue weighted by atomic mass is 9.82. The summed E-state index contributed by atoms with van der Waals surface area (Å²) in [6.45, 7) is 12.5. The van der Waals surface area contributed by atoms with Crippen LogP contribution in [0.15, 0.2) is 0 Å². The summed E-state index contributed by atoms with van der Waals surface area (Å²) in [7, 11) is 0. The van der Waals surface area contributed by atoms with Crippen molar-refractivity contribution in [3.05, 3.63) is 0 Å². The largest absolute Gasteiger partial charge is 0.381 e. The van der Waals surface area contributed by atoms with Gasteiger partial charge >= 0.3 is 0 Å². The molecule has 2 saturated heterocycles. The molecule has 0 aromatic rings. The van der Waals surface area contributed by atoms with E-state index in [9.17, 15) is 0 Å². The first-order valence-electron chi connectivity index (χ1n) is 7.14. The molecule has 2 aliphatic heterocycles. The van der Waals surface area contributed by atoms with Crippen molar-refractivity contribution >= 4 is 0 Å². The van der Waals surface area contributed by atoms with E-state index >= 15 is 0 Å². The van der Waals surface area contributed by atoms with Gasteiger partial charge < -0.3 is 10.1 Å². The van der Waals surface area contributed by atoms with Gasteiger partial charge in [-0.2, -0.15) is 0 Å². The van der Waals surface area contributed by atoms with Crippen LogP contribution in [-0.2, 0) is 4.74 Å². The van der Waals surface area contributed by atoms with Gasteiger partial charge in [0.15, 0.2) is 0 Å². The van der Waals surface area contributed by atoms with Crippen LogP contribution in [-0.4, -0.2) is 49.8 Å². The van der Waals surface area contributed by atoms with Crippen molar-refractivity contribution < 1.29 is 4.74 Å². The third-order valence-electron chi connectivity index (χ3n) is 4.47. The Morgan fingerprint density at radius 3 is 2.65 bits per heavy atom. The summed E-state index contributed by atoms with van der Waals surface area (Å²) < 4.78 is 5.45. The lowest BCUT2D eigenvalue weighted by molar-refractivity contribution is 0.0229. The number of nitrogens with one attached hydrogen (secondary N) is 1. The quantitative estimate of drug-likeness (QED) is 0.812. The molecule has 0 amide bonds. The number of hydrogen-bond donors (Lipinski definition) is 1. The molecule has 0 aliphatic carbocycles. The predicted molar refractivity (Wildman–Crippen MR) is 71.3 cm³/mol. The first kappa shape index (κ1) is 13.3. The minimum absolute atomic E-state index is 0.462. The van der Waals surface area contributed by atoms with Crippen molar-refractivity contribution in [2.75, 3.05) is 32.8 Å². The molecule has 3 nitrogen and oxygen atoms in total. The van der Waals surface area contributed by atoms with Gasteiger partial charge in [-0.25, -0.2) is 0 Å². The number of likely N-dealkylation sites (tertiary alicyclic amines) is 1. The maximum absolute atomic E-state index is 5.45. The zero-order chi connectivity index (χ0) is 12.3. The van der Waals surface area contributed by atoms with Gasteiger partial charge in [0.25, 0.3) is 0 Å². The fourth-order valence-electron chi connectivity index (χ4n) is 2.85. The average Bonchev–Trinajstić information content (AvgIpc) is 2.76. The smallest absolute Gasteiger partial charge is 0.0471 e. The molecule has 1 atom stereocenters. The van der Waals surface area contributed by atoms with E-state index in [0.717, 1.165) is 19.8 Å². The summed E-state index contributed by atoms with van der Waals surface area (Å²) in [5, 5.41) is 3.78. The number of ether oxygens (including phenoxy) is 1. The SMILES string of the molecule is CC(C)N1CCC(NCC2(C)CCOCC2)C1. The first-order chi connectivity index (χ1) is 8.09. The normalized spacial score (nSPS) is 30.0. The van der Waals surface area contributed by atoms with Crippen molar-refractivity contribution in [2.45, 2.75) is 52.1 Å². The molecule has 0 saturated carbocycles. The van der Waals surface area contributed by atoms with Crippen LogP contribution in [0.25, 0.3) is 0 Å². The Balaban J connectivity index is 1.72. The molecular weight excluding hydrogens is 212 g/mol. The fourth-order valence-corrected chi connectivity index (χ4v) is 2.85. The Labute approximate surface area is 106 Å². The van der Waals surface area contributed by atoms with Gasteiger partial charge in [-0.05, 0) is 45.1 Å². The van der Waals surface area contributed by atoms with E-state index in [0.29, 0.717) is 17.5 Å². The molecule has 2 aliphatic rings. The molecule has 17 heavy (non-hydrogen) atoms. The Morgan fingerprint density at radius 1 is 1.35 bits per heavy atom. The highest BCUT2D eigenvalue weighted by Crippen LogP contribution is 2.29. The summed E-state index contributed by atoms with van der Waals surface area (Å²) in [5.41, 5.74) is 0.462. The topological polar surface area (TPSA) is 24.5 Å². The molecule has 1 N–H and O–H groups in total. The molecule has 0 spiro atoms. The van der Waals surface area contributed by atoms with Crippen LogP contribution >= 0.6 is 0 Å². The second-order valence-corrected chi connectivity index (χ2v) is 6.38. The molecule has 100 valence electrons. The zero-order valence-corrected chi connectivity index (χ0v) is 11.7. The molecule has 2 fully saturated rings. The second kappa shape index (κ2) is 5.68. The maximum Gasteiger partial charge on any atom is 0.0471 e. The Hall–Kier alpha value is -0.120. The van der Waals surface area contributed by atoms with Crippen molar-refractivity contribution in [1.82, 2.24) is 10.2 Å². The molecule has 1 unspecified atom stereocenters. The van der Waals surface area contributed by atoms with E-state index in [-0.39, 0.29) is 0 Å². The molecule has 2 heterocycles. The summed E-state index contributed by atoms with van der Waals surface area (Å²) in [5.74, 6) is 0. The average molecular weight is 240 g/mol. The highest BCUT2D eigenvalue weighted by molar-refractivity contribution is 4.86. The predicted octanol–water partition coefficient (Wildman–Crippen LogP) is 1.88. The van der Waals surface area contributed by atoms with Gasteiger partial charge in [-0.1, -0.05) is 6.92 Å². The zero-order valence-electron chi connectivity index (χ0n) is 11.7. The van der Waals surface area contributed by atoms with E-state index in [1.807, 2.05) is 0 Å². The lowest BCUT2D eigenvalue weighted by Gasteiger charge is -2.34. The van der Waals surface area contributed by atoms with Crippen molar-refractivity contribution in [3.8, 4) is 0 Å². The standard InChI is InChI=1S/C14H28N2O/c1-12(2)16-7-4-13(10-16)15-11-14(3)5-8-17-9-6-14/h12-13,15H,4-11H2,1-3H3. The number of rotatable bonds is 4. The number of hydrogen-bond acceptors (Lipinski definition) is 3. The van der Waals surface area contributed by atoms with E-state index in [4.69, 9.17) is 4.74 Å². The summed E-state index contributed by atoms with van der Waals surface area (Å²) in [6.07, 6.45) is 3.73. The molecule has 0 aromatic heterocycles. The summed E-state index contributed by atoms with van der Waals surface area (Å²) in [6, 6.07) is 1.40. The fraction of sp³-hybridized carbons (Fsp3) is 1.00. The van der Waals surface area contributed by atoms with Gasteiger partial charge in [-0.15, -0.1) is 0 Å². The number of nitrogens with zero attached hydrogens (tertiary/aromatic N) is 1. The van der Waals surface area contributed by atoms with Gasteiger partial charge in [0, 0.05) is 38.4 Å². The van der Waals surface area contributed by atoms with Gasteiger partial charge in [0.05, 0.1) is 0 Å². The van der Waals surface area contributed by atoms with Crippen LogP contribution in [0, 0.1) is 5.41 Å². The van der Waals surface area contributed by atoms with Gasteiger partial charge in [0.2, 0.25) is 0 Å². The monoisotopic (exact) mass is 240 g/mol. The van der Waals surface area contributed by atoms with E-state index in [2.05, 4.69) is 31.0 Å². The van der Waals surface area contributed by atoms with Crippen LogP contribution in [0.1, 0.15) is 40.0 Å². The van der Waals surface area contributed by atoms with E-state index < -0.39 is 0 Å². The van der Waals surface area contributed by atoms with Crippen LogP contribution in [0.3, 0.4) is 0 Å². The Morgan fingerprint density at radius 2 is 2.06 bits per heavy atom. The van der Waals surface area contributed by atoms with Gasteiger partial charge in [-0.3, -0.25) is 4.90 Å². The Kier molecular flexibility index (Phi) is 4.45. The molecule has 2 rings (SSSR count). The van der Waals surface area contributed by atoms with E-state index in [1.165, 1.54) is 32.4 Å². The molecule has 0 bridgehead atoms. The maximum atomic E-state index is 5.45.